The van der Waals surface area contributed by atoms with E-state index in [1.165, 1.54) is 0 Å². The summed E-state index contributed by atoms with van der Waals surface area (Å²) in [6.07, 6.45) is -2.37. The molecule has 66 valence electrons. The first-order valence-electron chi connectivity index (χ1n) is 3.64. The van der Waals surface area contributed by atoms with Crippen molar-refractivity contribution in [2.24, 2.45) is 0 Å². The van der Waals surface area contributed by atoms with E-state index in [4.69, 9.17) is 19.7 Å². The SMILES string of the molecule is C[C@@H]1OC(C)(C)O[C@@H]1C(O)O. The molecule has 4 heteroatoms. The molecule has 0 aromatic carbocycles. The number of rotatable bonds is 1. The van der Waals surface area contributed by atoms with Gasteiger partial charge in [0.25, 0.3) is 0 Å². The highest BCUT2D eigenvalue weighted by atomic mass is 16.8. The van der Waals surface area contributed by atoms with Crippen molar-refractivity contribution >= 4 is 0 Å². The monoisotopic (exact) mass is 162 g/mol. The van der Waals surface area contributed by atoms with Crippen molar-refractivity contribution in [3.05, 3.63) is 0 Å². The maximum atomic E-state index is 8.81. The minimum atomic E-state index is -1.47. The van der Waals surface area contributed by atoms with E-state index in [1.54, 1.807) is 20.8 Å². The molecule has 0 aromatic heterocycles. The van der Waals surface area contributed by atoms with E-state index in [9.17, 15) is 0 Å². The standard InChI is InChI=1S/C7H14O4/c1-4-5(6(8)9)11-7(2,3)10-4/h4-6,8-9H,1-3H3/t4-,5-/m0/s1. The molecule has 0 aliphatic carbocycles. The number of hydrogen-bond donors (Lipinski definition) is 2. The Bertz CT molecular complexity index is 143. The minimum absolute atomic E-state index is 0.273. The Kier molecular flexibility index (Phi) is 2.20. The van der Waals surface area contributed by atoms with E-state index in [1.807, 2.05) is 0 Å². The second-order valence-electron chi connectivity index (χ2n) is 3.22. The molecule has 1 heterocycles. The first kappa shape index (κ1) is 8.93. The van der Waals surface area contributed by atoms with Gasteiger partial charge in [0.05, 0.1) is 6.10 Å². The van der Waals surface area contributed by atoms with Crippen molar-refractivity contribution in [1.29, 1.82) is 0 Å². The summed E-state index contributed by atoms with van der Waals surface area (Å²) in [5, 5.41) is 17.6. The molecule has 1 rings (SSSR count). The summed E-state index contributed by atoms with van der Waals surface area (Å²) < 4.78 is 10.5. The third kappa shape index (κ3) is 1.90. The van der Waals surface area contributed by atoms with Crippen LogP contribution in [0, 0.1) is 0 Å². The van der Waals surface area contributed by atoms with Crippen molar-refractivity contribution in [1.82, 2.24) is 0 Å². The van der Waals surface area contributed by atoms with Crippen LogP contribution in [0.2, 0.25) is 0 Å². The van der Waals surface area contributed by atoms with Gasteiger partial charge in [-0.3, -0.25) is 0 Å². The predicted octanol–water partition coefficient (Wildman–Crippen LogP) is -0.163. The van der Waals surface area contributed by atoms with Gasteiger partial charge in [-0.25, -0.2) is 0 Å². The highest BCUT2D eigenvalue weighted by Crippen LogP contribution is 2.28. The predicted molar refractivity (Wildman–Crippen MR) is 37.7 cm³/mol. The lowest BCUT2D eigenvalue weighted by Gasteiger charge is -2.17. The van der Waals surface area contributed by atoms with Crippen LogP contribution in [-0.2, 0) is 9.47 Å². The second-order valence-corrected chi connectivity index (χ2v) is 3.22. The number of aliphatic hydroxyl groups is 2. The molecule has 0 spiro atoms. The Balaban J connectivity index is 2.59. The number of hydrogen-bond acceptors (Lipinski definition) is 4. The summed E-state index contributed by atoms with van der Waals surface area (Å²) in [4.78, 5) is 0. The molecule has 1 saturated heterocycles. The Morgan fingerprint density at radius 3 is 2.00 bits per heavy atom. The Labute approximate surface area is 65.7 Å². The molecule has 0 unspecified atom stereocenters. The zero-order valence-corrected chi connectivity index (χ0v) is 6.94. The van der Waals surface area contributed by atoms with Crippen molar-refractivity contribution in [2.75, 3.05) is 0 Å². The molecule has 2 atom stereocenters. The van der Waals surface area contributed by atoms with Crippen LogP contribution in [0.1, 0.15) is 20.8 Å². The lowest BCUT2D eigenvalue weighted by Crippen LogP contribution is -2.33. The molecule has 2 N–H and O–H groups in total. The molecule has 1 aliphatic rings. The molecule has 0 bridgehead atoms. The maximum Gasteiger partial charge on any atom is 0.181 e. The van der Waals surface area contributed by atoms with Gasteiger partial charge < -0.3 is 19.7 Å². The molecule has 0 saturated carbocycles. The zero-order chi connectivity index (χ0) is 8.65. The smallest absolute Gasteiger partial charge is 0.181 e. The van der Waals surface area contributed by atoms with Crippen LogP contribution < -0.4 is 0 Å². The van der Waals surface area contributed by atoms with E-state index >= 15 is 0 Å². The fourth-order valence-corrected chi connectivity index (χ4v) is 1.27. The highest BCUT2D eigenvalue weighted by molar-refractivity contribution is 4.79. The summed E-state index contributed by atoms with van der Waals surface area (Å²) in [5.41, 5.74) is 0. The third-order valence-electron chi connectivity index (χ3n) is 1.65. The summed E-state index contributed by atoms with van der Waals surface area (Å²) in [7, 11) is 0. The Morgan fingerprint density at radius 2 is 1.82 bits per heavy atom. The van der Waals surface area contributed by atoms with Crippen molar-refractivity contribution in [3.8, 4) is 0 Å². The van der Waals surface area contributed by atoms with E-state index in [0.29, 0.717) is 0 Å². The van der Waals surface area contributed by atoms with Crippen molar-refractivity contribution in [3.63, 3.8) is 0 Å². The molecule has 4 nitrogen and oxygen atoms in total. The van der Waals surface area contributed by atoms with E-state index in [2.05, 4.69) is 0 Å². The average molecular weight is 162 g/mol. The van der Waals surface area contributed by atoms with Gasteiger partial charge in [-0.2, -0.15) is 0 Å². The zero-order valence-electron chi connectivity index (χ0n) is 6.94. The van der Waals surface area contributed by atoms with Gasteiger partial charge in [-0.15, -0.1) is 0 Å². The van der Waals surface area contributed by atoms with E-state index in [0.717, 1.165) is 0 Å². The topological polar surface area (TPSA) is 58.9 Å². The van der Waals surface area contributed by atoms with Gasteiger partial charge >= 0.3 is 0 Å². The maximum absolute atomic E-state index is 8.81. The van der Waals surface area contributed by atoms with Crippen LogP contribution in [0.25, 0.3) is 0 Å². The highest BCUT2D eigenvalue weighted by Gasteiger charge is 2.41. The summed E-state index contributed by atoms with van der Waals surface area (Å²) >= 11 is 0. The minimum Gasteiger partial charge on any atom is -0.366 e. The number of ether oxygens (including phenoxy) is 2. The largest absolute Gasteiger partial charge is 0.366 e. The number of aliphatic hydroxyl groups excluding tert-OH is 1. The lowest BCUT2D eigenvalue weighted by atomic mass is 10.2. The lowest BCUT2D eigenvalue weighted by molar-refractivity contribution is -0.183. The van der Waals surface area contributed by atoms with Gasteiger partial charge in [-0.05, 0) is 20.8 Å². The first-order valence-corrected chi connectivity index (χ1v) is 3.64. The molecule has 11 heavy (non-hydrogen) atoms. The van der Waals surface area contributed by atoms with Crippen LogP contribution in [-0.4, -0.2) is 34.5 Å². The van der Waals surface area contributed by atoms with Gasteiger partial charge in [0.1, 0.15) is 6.10 Å². The van der Waals surface area contributed by atoms with Gasteiger partial charge in [0.2, 0.25) is 0 Å². The fraction of sp³-hybridized carbons (Fsp3) is 1.00. The van der Waals surface area contributed by atoms with Gasteiger partial charge in [0, 0.05) is 0 Å². The molecule has 0 aromatic rings. The van der Waals surface area contributed by atoms with E-state index in [-0.39, 0.29) is 6.10 Å². The summed E-state index contributed by atoms with van der Waals surface area (Å²) in [5.74, 6) is -0.701. The quantitative estimate of drug-likeness (QED) is 0.526. The van der Waals surface area contributed by atoms with Crippen LogP contribution in [0.15, 0.2) is 0 Å². The van der Waals surface area contributed by atoms with E-state index < -0.39 is 18.2 Å². The van der Waals surface area contributed by atoms with Crippen molar-refractivity contribution < 1.29 is 19.7 Å². The van der Waals surface area contributed by atoms with Crippen LogP contribution in [0.4, 0.5) is 0 Å². The summed E-state index contributed by atoms with van der Waals surface area (Å²) in [6.45, 7) is 5.23. The molecule has 1 aliphatic heterocycles. The summed E-state index contributed by atoms with van der Waals surface area (Å²) in [6, 6.07) is 0. The fourth-order valence-electron chi connectivity index (χ4n) is 1.27. The van der Waals surface area contributed by atoms with Gasteiger partial charge in [0.15, 0.2) is 12.1 Å². The Morgan fingerprint density at radius 1 is 1.27 bits per heavy atom. The second kappa shape index (κ2) is 2.71. The van der Waals surface area contributed by atoms with Crippen molar-refractivity contribution in [2.45, 2.75) is 45.1 Å². The molecular formula is C7H14O4. The Hall–Kier alpha value is -0.160. The van der Waals surface area contributed by atoms with Crippen LogP contribution in [0.5, 0.6) is 0 Å². The third-order valence-corrected chi connectivity index (χ3v) is 1.65. The molecule has 1 fully saturated rings. The van der Waals surface area contributed by atoms with Gasteiger partial charge in [-0.1, -0.05) is 0 Å². The van der Waals surface area contributed by atoms with Crippen LogP contribution in [0.3, 0.4) is 0 Å². The molecule has 0 amide bonds. The first-order chi connectivity index (χ1) is 4.92. The normalized spacial score (nSPS) is 36.5. The average Bonchev–Trinajstić information content (AvgIpc) is 2.05. The molecular weight excluding hydrogens is 148 g/mol. The molecule has 0 radical (unpaired) electrons. The van der Waals surface area contributed by atoms with Crippen LogP contribution >= 0.6 is 0 Å².